The molecule has 0 radical (unpaired) electrons. The van der Waals surface area contributed by atoms with E-state index in [2.05, 4.69) is 0 Å². The molecule has 1 aliphatic rings. The number of Topliss-reactive ketones (excluding diaryl/α,β-unsaturated/α-hetero) is 1. The van der Waals surface area contributed by atoms with E-state index >= 15 is 0 Å². The average molecular weight is 238 g/mol. The van der Waals surface area contributed by atoms with Gasteiger partial charge in [0.2, 0.25) is 0 Å². The van der Waals surface area contributed by atoms with Crippen LogP contribution in [0.25, 0.3) is 0 Å². The predicted octanol–water partition coefficient (Wildman–Crippen LogP) is 2.07. The minimum atomic E-state index is -3.16. The van der Waals surface area contributed by atoms with E-state index in [0.717, 1.165) is 12.8 Å². The highest BCUT2D eigenvalue weighted by Gasteiger charge is 2.30. The zero-order valence-electron chi connectivity index (χ0n) is 9.14. The Hall–Kier alpha value is -1.16. The third kappa shape index (κ3) is 2.16. The summed E-state index contributed by atoms with van der Waals surface area (Å²) in [4.78, 5) is 12.0. The molecule has 3 nitrogen and oxygen atoms in total. The fourth-order valence-corrected chi connectivity index (χ4v) is 2.46. The molecular formula is C12H14O3S. The molecule has 4 heteroatoms. The molecule has 0 aliphatic heterocycles. The SMILES string of the molecule is CCS(=O)(=O)c1ccc(C(=O)C2CC2)cc1. The lowest BCUT2D eigenvalue weighted by atomic mass is 10.1. The fraction of sp³-hybridized carbons (Fsp3) is 0.417. The molecule has 0 bridgehead atoms. The van der Waals surface area contributed by atoms with Crippen molar-refractivity contribution >= 4 is 15.6 Å². The van der Waals surface area contributed by atoms with Crippen molar-refractivity contribution in [1.29, 1.82) is 0 Å². The first kappa shape index (κ1) is 11.3. The third-order valence-electron chi connectivity index (χ3n) is 2.83. The molecular weight excluding hydrogens is 224 g/mol. The van der Waals surface area contributed by atoms with Gasteiger partial charge in [-0.2, -0.15) is 0 Å². The quantitative estimate of drug-likeness (QED) is 0.754. The molecule has 2 rings (SSSR count). The van der Waals surface area contributed by atoms with E-state index in [1.165, 1.54) is 12.1 Å². The summed E-state index contributed by atoms with van der Waals surface area (Å²) >= 11 is 0. The van der Waals surface area contributed by atoms with Gasteiger partial charge in [0, 0.05) is 11.5 Å². The summed E-state index contributed by atoms with van der Waals surface area (Å²) in [6, 6.07) is 6.27. The number of hydrogen-bond acceptors (Lipinski definition) is 3. The van der Waals surface area contributed by atoms with Crippen LogP contribution in [0.2, 0.25) is 0 Å². The first-order valence-electron chi connectivity index (χ1n) is 5.41. The minimum absolute atomic E-state index is 0.0862. The van der Waals surface area contributed by atoms with Crippen LogP contribution < -0.4 is 0 Å². The maximum Gasteiger partial charge on any atom is 0.178 e. The van der Waals surface area contributed by atoms with E-state index in [4.69, 9.17) is 0 Å². The van der Waals surface area contributed by atoms with Crippen LogP contribution in [0, 0.1) is 5.92 Å². The lowest BCUT2D eigenvalue weighted by Gasteiger charge is -2.02. The van der Waals surface area contributed by atoms with Crippen LogP contribution in [0.1, 0.15) is 30.1 Å². The molecule has 0 spiro atoms. The Morgan fingerprint density at radius 3 is 2.25 bits per heavy atom. The number of sulfone groups is 1. The highest BCUT2D eigenvalue weighted by atomic mass is 32.2. The van der Waals surface area contributed by atoms with Gasteiger partial charge < -0.3 is 0 Å². The van der Waals surface area contributed by atoms with E-state index in [9.17, 15) is 13.2 Å². The van der Waals surface area contributed by atoms with Crippen LogP contribution in [0.4, 0.5) is 0 Å². The summed E-state index contributed by atoms with van der Waals surface area (Å²) in [5, 5.41) is 0. The summed E-state index contributed by atoms with van der Waals surface area (Å²) in [6.45, 7) is 1.61. The monoisotopic (exact) mass is 238 g/mol. The van der Waals surface area contributed by atoms with Crippen LogP contribution in [0.15, 0.2) is 29.2 Å². The lowest BCUT2D eigenvalue weighted by molar-refractivity contribution is 0.0967. The Balaban J connectivity index is 2.25. The van der Waals surface area contributed by atoms with Gasteiger partial charge in [-0.3, -0.25) is 4.79 Å². The molecule has 0 amide bonds. The third-order valence-corrected chi connectivity index (χ3v) is 4.58. The standard InChI is InChI=1S/C12H14O3S/c1-2-16(14,15)11-7-5-10(6-8-11)12(13)9-3-4-9/h5-9H,2-4H2,1H3. The van der Waals surface area contributed by atoms with E-state index in [1.807, 2.05) is 0 Å². The molecule has 1 aromatic carbocycles. The Bertz CT molecular complexity index is 496. The number of hydrogen-bond donors (Lipinski definition) is 0. The van der Waals surface area contributed by atoms with Gasteiger partial charge in [-0.25, -0.2) is 8.42 Å². The smallest absolute Gasteiger partial charge is 0.178 e. The van der Waals surface area contributed by atoms with Crippen LogP contribution in [0.5, 0.6) is 0 Å². The second-order valence-electron chi connectivity index (χ2n) is 4.07. The highest BCUT2D eigenvalue weighted by molar-refractivity contribution is 7.91. The molecule has 0 saturated heterocycles. The summed E-state index contributed by atoms with van der Waals surface area (Å²) in [7, 11) is -3.16. The summed E-state index contributed by atoms with van der Waals surface area (Å²) in [5.74, 6) is 0.400. The van der Waals surface area contributed by atoms with Gasteiger partial charge in [-0.05, 0) is 25.0 Å². The maximum atomic E-state index is 11.7. The van der Waals surface area contributed by atoms with Gasteiger partial charge in [0.15, 0.2) is 15.6 Å². The molecule has 1 saturated carbocycles. The van der Waals surface area contributed by atoms with Crippen LogP contribution in [-0.2, 0) is 9.84 Å². The number of carbonyl (C=O) groups is 1. The van der Waals surface area contributed by atoms with Gasteiger partial charge in [-0.1, -0.05) is 19.1 Å². The van der Waals surface area contributed by atoms with Crippen molar-refractivity contribution in [2.24, 2.45) is 5.92 Å². The highest BCUT2D eigenvalue weighted by Crippen LogP contribution is 2.32. The second kappa shape index (κ2) is 4.01. The maximum absolute atomic E-state index is 11.7. The molecule has 16 heavy (non-hydrogen) atoms. The van der Waals surface area contributed by atoms with Gasteiger partial charge in [0.1, 0.15) is 0 Å². The Morgan fingerprint density at radius 2 is 1.81 bits per heavy atom. The van der Waals surface area contributed by atoms with Gasteiger partial charge in [0.05, 0.1) is 10.6 Å². The molecule has 0 unspecified atom stereocenters. The van der Waals surface area contributed by atoms with Crippen molar-refractivity contribution in [3.63, 3.8) is 0 Å². The summed E-state index contributed by atoms with van der Waals surface area (Å²) < 4.78 is 23.1. The minimum Gasteiger partial charge on any atom is -0.294 e. The number of ketones is 1. The van der Waals surface area contributed by atoms with E-state index in [-0.39, 0.29) is 17.5 Å². The normalized spacial score (nSPS) is 16.1. The van der Waals surface area contributed by atoms with Gasteiger partial charge >= 0.3 is 0 Å². The van der Waals surface area contributed by atoms with Crippen LogP contribution >= 0.6 is 0 Å². The molecule has 86 valence electrons. The zero-order valence-corrected chi connectivity index (χ0v) is 9.96. The van der Waals surface area contributed by atoms with E-state index in [1.54, 1.807) is 19.1 Å². The number of rotatable bonds is 4. The summed E-state index contributed by atoms with van der Waals surface area (Å²) in [6.07, 6.45) is 1.93. The van der Waals surface area contributed by atoms with Crippen molar-refractivity contribution in [2.45, 2.75) is 24.7 Å². The van der Waals surface area contributed by atoms with Crippen molar-refractivity contribution < 1.29 is 13.2 Å². The van der Waals surface area contributed by atoms with Crippen molar-refractivity contribution in [1.82, 2.24) is 0 Å². The molecule has 0 aromatic heterocycles. The lowest BCUT2D eigenvalue weighted by Crippen LogP contribution is -2.05. The van der Waals surface area contributed by atoms with E-state index in [0.29, 0.717) is 10.5 Å². The fourth-order valence-electron chi connectivity index (χ4n) is 1.57. The van der Waals surface area contributed by atoms with Gasteiger partial charge in [0.25, 0.3) is 0 Å². The molecule has 0 atom stereocenters. The topological polar surface area (TPSA) is 51.2 Å². The zero-order chi connectivity index (χ0) is 11.8. The number of carbonyl (C=O) groups excluding carboxylic acids is 1. The number of benzene rings is 1. The molecule has 0 N–H and O–H groups in total. The first-order chi connectivity index (χ1) is 7.54. The Morgan fingerprint density at radius 1 is 1.25 bits per heavy atom. The first-order valence-corrected chi connectivity index (χ1v) is 7.07. The average Bonchev–Trinajstić information content (AvgIpc) is 3.12. The van der Waals surface area contributed by atoms with Crippen molar-refractivity contribution in [3.05, 3.63) is 29.8 Å². The molecule has 1 aliphatic carbocycles. The van der Waals surface area contributed by atoms with E-state index < -0.39 is 9.84 Å². The Labute approximate surface area is 95.4 Å². The van der Waals surface area contributed by atoms with Crippen LogP contribution in [-0.4, -0.2) is 20.0 Å². The summed E-state index contributed by atoms with van der Waals surface area (Å²) in [5.41, 5.74) is 0.623. The molecule has 1 fully saturated rings. The van der Waals surface area contributed by atoms with Crippen molar-refractivity contribution in [3.8, 4) is 0 Å². The van der Waals surface area contributed by atoms with Crippen LogP contribution in [0.3, 0.4) is 0 Å². The van der Waals surface area contributed by atoms with Gasteiger partial charge in [-0.15, -0.1) is 0 Å². The largest absolute Gasteiger partial charge is 0.294 e. The Kier molecular flexibility index (Phi) is 2.84. The predicted molar refractivity (Wildman–Crippen MR) is 61.2 cm³/mol. The molecule has 1 aromatic rings. The van der Waals surface area contributed by atoms with Crippen molar-refractivity contribution in [2.75, 3.05) is 5.75 Å². The molecule has 0 heterocycles. The second-order valence-corrected chi connectivity index (χ2v) is 6.34.